The first kappa shape index (κ1) is 23.5. The quantitative estimate of drug-likeness (QED) is 0.451. The molecule has 0 saturated carbocycles. The second kappa shape index (κ2) is 9.45. The lowest BCUT2D eigenvalue weighted by atomic mass is 10.1. The van der Waals surface area contributed by atoms with Crippen LogP contribution in [0.5, 0.6) is 0 Å². The molecule has 186 valence electrons. The number of aromatic amines is 1. The molecule has 3 aromatic rings. The lowest BCUT2D eigenvalue weighted by molar-refractivity contribution is -0.134. The Morgan fingerprint density at radius 2 is 1.97 bits per heavy atom. The standard InChI is InChI=1S/C22H23N9O4S/c1-11-10-36-20(23-11)16-7-14(24-19(33)15-8-17(32)30(2)22(35)25-15)9-31(16)21(34)13-5-3-12(4-6-13)18-26-28-29-27-18/h3-6,10,14-16H,7-9H2,1-2H3,(H,24,33)(H,25,35)(H,26,27,28,29)/t14-,15-,16-/m0/s1. The number of aromatic nitrogens is 5. The maximum atomic E-state index is 13.5. The summed E-state index contributed by atoms with van der Waals surface area (Å²) in [4.78, 5) is 57.6. The van der Waals surface area contributed by atoms with Gasteiger partial charge in [-0.1, -0.05) is 12.1 Å². The Hall–Kier alpha value is -4.20. The van der Waals surface area contributed by atoms with Crippen molar-refractivity contribution in [1.82, 2.24) is 46.0 Å². The summed E-state index contributed by atoms with van der Waals surface area (Å²) in [6, 6.07) is 4.62. The minimum absolute atomic E-state index is 0.120. The lowest BCUT2D eigenvalue weighted by Gasteiger charge is -2.28. The van der Waals surface area contributed by atoms with Gasteiger partial charge in [-0.2, -0.15) is 5.21 Å². The Kier molecular flexibility index (Phi) is 6.18. The van der Waals surface area contributed by atoms with E-state index in [1.807, 2.05) is 12.3 Å². The Morgan fingerprint density at radius 3 is 2.61 bits per heavy atom. The molecule has 3 atom stereocenters. The van der Waals surface area contributed by atoms with Gasteiger partial charge in [0.05, 0.1) is 12.5 Å². The van der Waals surface area contributed by atoms with E-state index < -0.39 is 23.9 Å². The van der Waals surface area contributed by atoms with Crippen LogP contribution in [0.3, 0.4) is 0 Å². The number of aryl methyl sites for hydroxylation is 1. The van der Waals surface area contributed by atoms with Crippen molar-refractivity contribution in [2.75, 3.05) is 13.6 Å². The summed E-state index contributed by atoms with van der Waals surface area (Å²) in [5, 5.41) is 22.0. The Balaban J connectivity index is 1.33. The van der Waals surface area contributed by atoms with Crippen molar-refractivity contribution < 1.29 is 19.2 Å². The third-order valence-corrected chi connectivity index (χ3v) is 7.30. The van der Waals surface area contributed by atoms with E-state index in [0.29, 0.717) is 23.4 Å². The van der Waals surface area contributed by atoms with Crippen molar-refractivity contribution in [1.29, 1.82) is 0 Å². The van der Waals surface area contributed by atoms with Crippen LogP contribution in [0.25, 0.3) is 11.4 Å². The molecule has 5 amide bonds. The number of benzene rings is 1. The average Bonchev–Trinajstić information content (AvgIpc) is 3.63. The third kappa shape index (κ3) is 4.54. The number of nitrogens with one attached hydrogen (secondary N) is 3. The van der Waals surface area contributed by atoms with E-state index in [1.165, 1.54) is 18.4 Å². The second-order valence-electron chi connectivity index (χ2n) is 8.71. The number of likely N-dealkylation sites (tertiary alicyclic amines) is 1. The van der Waals surface area contributed by atoms with Gasteiger partial charge in [0.25, 0.3) is 5.91 Å². The number of H-pyrrole nitrogens is 1. The summed E-state index contributed by atoms with van der Waals surface area (Å²) in [5.41, 5.74) is 2.04. The first-order valence-electron chi connectivity index (χ1n) is 11.2. The largest absolute Gasteiger partial charge is 0.350 e. The summed E-state index contributed by atoms with van der Waals surface area (Å²) in [7, 11) is 1.36. The molecule has 0 unspecified atom stereocenters. The number of amides is 5. The number of imide groups is 1. The molecule has 14 heteroatoms. The van der Waals surface area contributed by atoms with Gasteiger partial charge in [0.2, 0.25) is 17.6 Å². The summed E-state index contributed by atoms with van der Waals surface area (Å²) >= 11 is 1.46. The summed E-state index contributed by atoms with van der Waals surface area (Å²) in [6.07, 6.45) is 0.338. The zero-order valence-electron chi connectivity index (χ0n) is 19.5. The maximum Gasteiger partial charge on any atom is 0.324 e. The number of urea groups is 1. The predicted molar refractivity (Wildman–Crippen MR) is 126 cm³/mol. The molecule has 2 aliphatic heterocycles. The molecule has 2 saturated heterocycles. The molecule has 1 aromatic carbocycles. The number of thiazole rings is 1. The van der Waals surface area contributed by atoms with Crippen LogP contribution in [0, 0.1) is 6.92 Å². The van der Waals surface area contributed by atoms with Gasteiger partial charge in [0, 0.05) is 41.8 Å². The van der Waals surface area contributed by atoms with Crippen LogP contribution in [0.4, 0.5) is 4.79 Å². The van der Waals surface area contributed by atoms with Crippen LogP contribution in [-0.2, 0) is 9.59 Å². The normalized spacial score (nSPS) is 22.0. The fourth-order valence-electron chi connectivity index (χ4n) is 4.32. The first-order valence-corrected chi connectivity index (χ1v) is 12.1. The van der Waals surface area contributed by atoms with Crippen LogP contribution in [0.15, 0.2) is 29.6 Å². The fourth-order valence-corrected chi connectivity index (χ4v) is 5.24. The fraction of sp³-hybridized carbons (Fsp3) is 0.364. The van der Waals surface area contributed by atoms with E-state index in [0.717, 1.165) is 15.6 Å². The summed E-state index contributed by atoms with van der Waals surface area (Å²) in [5.74, 6) is -0.661. The predicted octanol–water partition coefficient (Wildman–Crippen LogP) is 0.644. The molecule has 2 fully saturated rings. The number of nitrogens with zero attached hydrogens (tertiary/aromatic N) is 6. The van der Waals surface area contributed by atoms with Crippen molar-refractivity contribution in [3.05, 3.63) is 45.9 Å². The molecule has 2 aromatic heterocycles. The third-order valence-electron chi connectivity index (χ3n) is 6.24. The lowest BCUT2D eigenvalue weighted by Crippen LogP contribution is -2.59. The van der Waals surface area contributed by atoms with Gasteiger partial charge in [-0.05, 0) is 30.7 Å². The van der Waals surface area contributed by atoms with Crippen LogP contribution in [-0.4, -0.2) is 84.8 Å². The van der Waals surface area contributed by atoms with Crippen molar-refractivity contribution in [2.45, 2.75) is 37.9 Å². The van der Waals surface area contributed by atoms with Crippen molar-refractivity contribution in [3.8, 4) is 11.4 Å². The molecule has 0 bridgehead atoms. The molecule has 2 aliphatic rings. The number of carbonyl (C=O) groups is 4. The topological polar surface area (TPSA) is 166 Å². The highest BCUT2D eigenvalue weighted by Gasteiger charge is 2.41. The van der Waals surface area contributed by atoms with Gasteiger partial charge in [-0.15, -0.1) is 21.5 Å². The van der Waals surface area contributed by atoms with E-state index in [4.69, 9.17) is 0 Å². The van der Waals surface area contributed by atoms with Gasteiger partial charge < -0.3 is 15.5 Å². The second-order valence-corrected chi connectivity index (χ2v) is 9.60. The number of rotatable bonds is 5. The Labute approximate surface area is 209 Å². The van der Waals surface area contributed by atoms with Gasteiger partial charge in [-0.3, -0.25) is 19.3 Å². The average molecular weight is 510 g/mol. The Bertz CT molecular complexity index is 1290. The van der Waals surface area contributed by atoms with E-state index in [-0.39, 0.29) is 31.0 Å². The summed E-state index contributed by atoms with van der Waals surface area (Å²) in [6.45, 7) is 2.14. The molecular formula is C22H23N9O4S. The molecule has 0 spiro atoms. The highest BCUT2D eigenvalue weighted by Crippen LogP contribution is 2.35. The van der Waals surface area contributed by atoms with Crippen LogP contribution in [0.1, 0.15) is 39.9 Å². The summed E-state index contributed by atoms with van der Waals surface area (Å²) < 4.78 is 0. The number of hydrogen-bond acceptors (Lipinski definition) is 9. The van der Waals surface area contributed by atoms with E-state index in [9.17, 15) is 19.2 Å². The number of tetrazole rings is 1. The van der Waals surface area contributed by atoms with Gasteiger partial charge >= 0.3 is 6.03 Å². The molecular weight excluding hydrogens is 486 g/mol. The van der Waals surface area contributed by atoms with Gasteiger partial charge in [0.15, 0.2) is 0 Å². The van der Waals surface area contributed by atoms with Crippen LogP contribution in [0.2, 0.25) is 0 Å². The molecule has 0 radical (unpaired) electrons. The van der Waals surface area contributed by atoms with E-state index in [1.54, 1.807) is 29.2 Å². The number of carbonyl (C=O) groups excluding carboxylic acids is 4. The molecule has 13 nitrogen and oxygen atoms in total. The van der Waals surface area contributed by atoms with Crippen molar-refractivity contribution in [2.24, 2.45) is 0 Å². The Morgan fingerprint density at radius 1 is 1.19 bits per heavy atom. The monoisotopic (exact) mass is 509 g/mol. The van der Waals surface area contributed by atoms with E-state index in [2.05, 4.69) is 36.2 Å². The number of hydrogen-bond donors (Lipinski definition) is 3. The zero-order valence-corrected chi connectivity index (χ0v) is 20.3. The molecule has 0 aliphatic carbocycles. The van der Waals surface area contributed by atoms with Crippen LogP contribution < -0.4 is 10.6 Å². The highest BCUT2D eigenvalue weighted by atomic mass is 32.1. The molecule has 3 N–H and O–H groups in total. The molecule has 4 heterocycles. The van der Waals surface area contributed by atoms with Crippen molar-refractivity contribution in [3.63, 3.8) is 0 Å². The van der Waals surface area contributed by atoms with Crippen LogP contribution >= 0.6 is 11.3 Å². The maximum absolute atomic E-state index is 13.5. The van der Waals surface area contributed by atoms with Gasteiger partial charge in [0.1, 0.15) is 11.0 Å². The van der Waals surface area contributed by atoms with Gasteiger partial charge in [-0.25, -0.2) is 9.78 Å². The van der Waals surface area contributed by atoms with Crippen molar-refractivity contribution >= 4 is 35.1 Å². The first-order chi connectivity index (χ1) is 17.3. The molecule has 5 rings (SSSR count). The zero-order chi connectivity index (χ0) is 25.4. The minimum Gasteiger partial charge on any atom is -0.350 e. The minimum atomic E-state index is -0.954. The highest BCUT2D eigenvalue weighted by molar-refractivity contribution is 7.09. The smallest absolute Gasteiger partial charge is 0.324 e. The van der Waals surface area contributed by atoms with E-state index >= 15 is 0 Å². The molecule has 36 heavy (non-hydrogen) atoms. The SMILES string of the molecule is Cc1csc([C@@H]2C[C@H](NC(=O)[C@@H]3CC(=O)N(C)C(=O)N3)CN2C(=O)c2ccc(-c3nn[nH]n3)cc2)n1.